The first-order valence-corrected chi connectivity index (χ1v) is 6.39. The van der Waals surface area contributed by atoms with Gasteiger partial charge in [-0.05, 0) is 18.1 Å². The molecule has 1 heterocycles. The van der Waals surface area contributed by atoms with Crippen LogP contribution in [-0.4, -0.2) is 36.9 Å². The summed E-state index contributed by atoms with van der Waals surface area (Å²) in [5, 5.41) is 9.28. The molecule has 4 nitrogen and oxygen atoms in total. The summed E-state index contributed by atoms with van der Waals surface area (Å²) in [6.07, 6.45) is 1.57. The van der Waals surface area contributed by atoms with E-state index in [9.17, 15) is 9.90 Å². The molecule has 0 bridgehead atoms. The van der Waals surface area contributed by atoms with Crippen LogP contribution in [0.4, 0.5) is 5.69 Å². The van der Waals surface area contributed by atoms with Gasteiger partial charge in [-0.25, -0.2) is 4.79 Å². The first-order valence-electron chi connectivity index (χ1n) is 6.39. The first kappa shape index (κ1) is 12.9. The van der Waals surface area contributed by atoms with Gasteiger partial charge in [0.2, 0.25) is 0 Å². The predicted octanol–water partition coefficient (Wildman–Crippen LogP) is 1.93. The van der Waals surface area contributed by atoms with Gasteiger partial charge in [-0.3, -0.25) is 0 Å². The SMILES string of the molecule is CCCOCCN1c2ccccc2CC1C(=O)O. The van der Waals surface area contributed by atoms with Crippen LogP contribution >= 0.6 is 0 Å². The van der Waals surface area contributed by atoms with Crippen molar-refractivity contribution in [1.82, 2.24) is 0 Å². The van der Waals surface area contributed by atoms with E-state index in [0.29, 0.717) is 19.6 Å². The van der Waals surface area contributed by atoms with Crippen LogP contribution in [0.15, 0.2) is 24.3 Å². The summed E-state index contributed by atoms with van der Waals surface area (Å²) in [6, 6.07) is 7.43. The number of anilines is 1. The third-order valence-corrected chi connectivity index (χ3v) is 3.20. The largest absolute Gasteiger partial charge is 0.480 e. The van der Waals surface area contributed by atoms with Crippen molar-refractivity contribution in [3.8, 4) is 0 Å². The number of para-hydroxylation sites is 1. The van der Waals surface area contributed by atoms with Crippen molar-refractivity contribution in [2.24, 2.45) is 0 Å². The molecule has 4 heteroatoms. The van der Waals surface area contributed by atoms with Crippen molar-refractivity contribution >= 4 is 11.7 Å². The second kappa shape index (κ2) is 5.87. The van der Waals surface area contributed by atoms with Crippen molar-refractivity contribution in [3.63, 3.8) is 0 Å². The Morgan fingerprint density at radius 2 is 2.22 bits per heavy atom. The number of hydrogen-bond donors (Lipinski definition) is 1. The highest BCUT2D eigenvalue weighted by molar-refractivity contribution is 5.82. The number of aliphatic carboxylic acids is 1. The zero-order chi connectivity index (χ0) is 13.0. The van der Waals surface area contributed by atoms with Crippen molar-refractivity contribution in [1.29, 1.82) is 0 Å². The van der Waals surface area contributed by atoms with Crippen molar-refractivity contribution in [3.05, 3.63) is 29.8 Å². The Morgan fingerprint density at radius 1 is 1.44 bits per heavy atom. The van der Waals surface area contributed by atoms with Crippen LogP contribution in [0, 0.1) is 0 Å². The van der Waals surface area contributed by atoms with E-state index in [1.54, 1.807) is 0 Å². The molecular weight excluding hydrogens is 230 g/mol. The predicted molar refractivity (Wildman–Crippen MR) is 70.0 cm³/mol. The lowest BCUT2D eigenvalue weighted by atomic mass is 10.1. The Balaban J connectivity index is 2.06. The van der Waals surface area contributed by atoms with Crippen molar-refractivity contribution in [2.45, 2.75) is 25.8 Å². The number of carboxylic acid groups (broad SMARTS) is 1. The summed E-state index contributed by atoms with van der Waals surface area (Å²) in [7, 11) is 0. The molecule has 98 valence electrons. The maximum Gasteiger partial charge on any atom is 0.326 e. The smallest absolute Gasteiger partial charge is 0.326 e. The summed E-state index contributed by atoms with van der Waals surface area (Å²) in [5.41, 5.74) is 2.14. The normalized spacial score (nSPS) is 17.8. The molecule has 1 unspecified atom stereocenters. The third kappa shape index (κ3) is 2.64. The van der Waals surface area contributed by atoms with E-state index in [1.807, 2.05) is 29.2 Å². The van der Waals surface area contributed by atoms with Gasteiger partial charge in [0.15, 0.2) is 0 Å². The van der Waals surface area contributed by atoms with E-state index >= 15 is 0 Å². The molecular formula is C14H19NO3. The molecule has 0 aliphatic carbocycles. The van der Waals surface area contributed by atoms with Crippen LogP contribution in [-0.2, 0) is 16.0 Å². The Kier molecular flexibility index (Phi) is 4.20. The van der Waals surface area contributed by atoms with Crippen LogP contribution in [0.1, 0.15) is 18.9 Å². The zero-order valence-corrected chi connectivity index (χ0v) is 10.6. The minimum absolute atomic E-state index is 0.451. The maximum atomic E-state index is 11.3. The molecule has 1 N–H and O–H groups in total. The molecule has 0 saturated carbocycles. The van der Waals surface area contributed by atoms with Crippen LogP contribution in [0.25, 0.3) is 0 Å². The molecule has 0 spiro atoms. The fourth-order valence-corrected chi connectivity index (χ4v) is 2.36. The summed E-state index contributed by atoms with van der Waals surface area (Å²) in [5.74, 6) is -0.762. The standard InChI is InChI=1S/C14H19NO3/c1-2-8-18-9-7-15-12-6-4-3-5-11(12)10-13(15)14(16)17/h3-6,13H,2,7-10H2,1H3,(H,16,17). The number of carbonyl (C=O) groups is 1. The zero-order valence-electron chi connectivity index (χ0n) is 10.6. The van der Waals surface area contributed by atoms with Gasteiger partial charge in [-0.15, -0.1) is 0 Å². The number of ether oxygens (including phenoxy) is 1. The molecule has 0 radical (unpaired) electrons. The van der Waals surface area contributed by atoms with Gasteiger partial charge >= 0.3 is 5.97 Å². The highest BCUT2D eigenvalue weighted by atomic mass is 16.5. The second-order valence-electron chi connectivity index (χ2n) is 4.49. The van der Waals surface area contributed by atoms with Crippen molar-refractivity contribution < 1.29 is 14.6 Å². The van der Waals surface area contributed by atoms with Crippen molar-refractivity contribution in [2.75, 3.05) is 24.7 Å². The summed E-state index contributed by atoms with van der Waals surface area (Å²) < 4.78 is 5.45. The van der Waals surface area contributed by atoms with Gasteiger partial charge < -0.3 is 14.7 Å². The summed E-state index contributed by atoms with van der Waals surface area (Å²) >= 11 is 0. The van der Waals surface area contributed by atoms with E-state index in [0.717, 1.165) is 24.3 Å². The monoisotopic (exact) mass is 249 g/mol. The molecule has 18 heavy (non-hydrogen) atoms. The fourth-order valence-electron chi connectivity index (χ4n) is 2.36. The molecule has 1 aromatic rings. The number of carboxylic acids is 1. The molecule has 0 amide bonds. The fraction of sp³-hybridized carbons (Fsp3) is 0.500. The minimum Gasteiger partial charge on any atom is -0.480 e. The van der Waals surface area contributed by atoms with Crippen LogP contribution in [0.2, 0.25) is 0 Å². The van der Waals surface area contributed by atoms with Gasteiger partial charge in [0, 0.05) is 25.3 Å². The van der Waals surface area contributed by atoms with Gasteiger partial charge in [0.1, 0.15) is 6.04 Å². The van der Waals surface area contributed by atoms with E-state index < -0.39 is 12.0 Å². The number of hydrogen-bond acceptors (Lipinski definition) is 3. The Labute approximate surface area is 107 Å². The van der Waals surface area contributed by atoms with E-state index in [4.69, 9.17) is 4.74 Å². The number of rotatable bonds is 6. The molecule has 0 saturated heterocycles. The summed E-state index contributed by atoms with van der Waals surface area (Å²) in [4.78, 5) is 13.2. The highest BCUT2D eigenvalue weighted by Gasteiger charge is 2.33. The molecule has 1 aromatic carbocycles. The number of nitrogens with zero attached hydrogens (tertiary/aromatic N) is 1. The Morgan fingerprint density at radius 3 is 2.94 bits per heavy atom. The van der Waals surface area contributed by atoms with E-state index in [1.165, 1.54) is 0 Å². The lowest BCUT2D eigenvalue weighted by molar-refractivity contribution is -0.138. The first-order chi connectivity index (χ1) is 8.74. The third-order valence-electron chi connectivity index (χ3n) is 3.20. The van der Waals surface area contributed by atoms with Gasteiger partial charge in [0.05, 0.1) is 6.61 Å². The van der Waals surface area contributed by atoms with Crippen LogP contribution in [0.5, 0.6) is 0 Å². The molecule has 1 aliphatic heterocycles. The van der Waals surface area contributed by atoms with Gasteiger partial charge in [0.25, 0.3) is 0 Å². The second-order valence-corrected chi connectivity index (χ2v) is 4.49. The topological polar surface area (TPSA) is 49.8 Å². The molecule has 0 fully saturated rings. The molecule has 2 rings (SSSR count). The Hall–Kier alpha value is -1.55. The van der Waals surface area contributed by atoms with Gasteiger partial charge in [-0.1, -0.05) is 25.1 Å². The lowest BCUT2D eigenvalue weighted by Crippen LogP contribution is -2.40. The molecule has 0 aromatic heterocycles. The molecule has 1 aliphatic rings. The van der Waals surface area contributed by atoms with Crippen LogP contribution in [0.3, 0.4) is 0 Å². The average molecular weight is 249 g/mol. The highest BCUT2D eigenvalue weighted by Crippen LogP contribution is 2.31. The number of benzene rings is 1. The van der Waals surface area contributed by atoms with E-state index in [-0.39, 0.29) is 0 Å². The minimum atomic E-state index is -0.762. The maximum absolute atomic E-state index is 11.3. The summed E-state index contributed by atoms with van der Waals surface area (Å²) in [6.45, 7) is 4.00. The Bertz CT molecular complexity index is 419. The van der Waals surface area contributed by atoms with Crippen LogP contribution < -0.4 is 4.90 Å². The van der Waals surface area contributed by atoms with E-state index in [2.05, 4.69) is 6.92 Å². The lowest BCUT2D eigenvalue weighted by Gasteiger charge is -2.24. The molecule has 1 atom stereocenters. The van der Waals surface area contributed by atoms with Gasteiger partial charge in [-0.2, -0.15) is 0 Å². The number of fused-ring (bicyclic) bond motifs is 1. The average Bonchev–Trinajstić information content (AvgIpc) is 2.74. The quantitative estimate of drug-likeness (QED) is 0.783.